The van der Waals surface area contributed by atoms with Gasteiger partial charge in [-0.15, -0.1) is 0 Å². The Hall–Kier alpha value is -5.41. The zero-order valence-electron chi connectivity index (χ0n) is 23.3. The number of hydrogen-bond acceptors (Lipinski definition) is 7. The van der Waals surface area contributed by atoms with Gasteiger partial charge in [-0.1, -0.05) is 35.9 Å². The molecule has 0 atom stereocenters. The maximum Gasteiger partial charge on any atom is 0.338 e. The molecule has 0 saturated carbocycles. The lowest BCUT2D eigenvalue weighted by molar-refractivity contribution is -0.120. The third kappa shape index (κ3) is 6.74. The minimum absolute atomic E-state index is 0.131. The minimum Gasteiger partial charge on any atom is -0.459 e. The molecule has 4 aromatic rings. The van der Waals surface area contributed by atoms with Gasteiger partial charge in [0.05, 0.1) is 17.4 Å². The molecule has 0 radical (unpaired) electrons. The number of benzene rings is 4. The number of hydrogen-bond donors (Lipinski definition) is 3. The van der Waals surface area contributed by atoms with E-state index in [1.54, 1.807) is 50.2 Å². The second-order valence-corrected chi connectivity index (χ2v) is 10.2. The highest BCUT2D eigenvalue weighted by Gasteiger charge is 2.39. The van der Waals surface area contributed by atoms with Crippen LogP contribution < -0.4 is 20.9 Å². The van der Waals surface area contributed by atoms with Crippen LogP contribution in [0.1, 0.15) is 34.6 Å². The van der Waals surface area contributed by atoms with Crippen LogP contribution in [0.15, 0.2) is 114 Å². The van der Waals surface area contributed by atoms with E-state index in [0.717, 1.165) is 16.3 Å². The molecule has 3 amide bonds. The molecule has 1 aliphatic rings. The third-order valence-corrected chi connectivity index (χ3v) is 6.68. The lowest BCUT2D eigenvalue weighted by Crippen LogP contribution is -2.32. The number of ether oxygens (including phenoxy) is 1. The van der Waals surface area contributed by atoms with Gasteiger partial charge in [0.25, 0.3) is 17.7 Å². The lowest BCUT2D eigenvalue weighted by atomic mass is 10.1. The van der Waals surface area contributed by atoms with E-state index in [0.29, 0.717) is 16.9 Å². The Morgan fingerprint density at radius 1 is 0.698 bits per heavy atom. The number of rotatable bonds is 9. The molecule has 0 unspecified atom stereocenters. The van der Waals surface area contributed by atoms with Crippen LogP contribution in [0.3, 0.4) is 0 Å². The highest BCUT2D eigenvalue weighted by molar-refractivity contribution is 6.53. The molecular weight excluding hydrogens is 568 g/mol. The van der Waals surface area contributed by atoms with Crippen molar-refractivity contribution >= 4 is 63.7 Å². The number of amides is 3. The van der Waals surface area contributed by atoms with Crippen molar-refractivity contribution in [1.29, 1.82) is 0 Å². The first-order chi connectivity index (χ1) is 20.7. The van der Waals surface area contributed by atoms with Gasteiger partial charge in [0, 0.05) is 28.3 Å². The summed E-state index contributed by atoms with van der Waals surface area (Å²) in [6, 6.07) is 29.3. The SMILES string of the molecule is CC(C)OC(=O)c1ccc(N2C(=O)C(Cl)=C(Nc3cccc(C(=O)Nc4ccc(Nc5ccccc5)cc4)c3)C2=O)cc1. The van der Waals surface area contributed by atoms with Crippen LogP contribution in [0.25, 0.3) is 0 Å². The zero-order chi connectivity index (χ0) is 30.5. The van der Waals surface area contributed by atoms with E-state index in [1.807, 2.05) is 42.5 Å². The summed E-state index contributed by atoms with van der Waals surface area (Å²) in [4.78, 5) is 52.1. The van der Waals surface area contributed by atoms with Gasteiger partial charge >= 0.3 is 5.97 Å². The van der Waals surface area contributed by atoms with Gasteiger partial charge in [0.2, 0.25) is 0 Å². The van der Waals surface area contributed by atoms with E-state index in [-0.39, 0.29) is 34.0 Å². The van der Waals surface area contributed by atoms with Crippen LogP contribution in [0.2, 0.25) is 0 Å². The van der Waals surface area contributed by atoms with Crippen molar-refractivity contribution in [3.8, 4) is 0 Å². The number of nitrogens with zero attached hydrogens (tertiary/aromatic N) is 1. The second-order valence-electron chi connectivity index (χ2n) is 9.86. The lowest BCUT2D eigenvalue weighted by Gasteiger charge is -2.16. The van der Waals surface area contributed by atoms with Crippen molar-refractivity contribution in [2.24, 2.45) is 0 Å². The van der Waals surface area contributed by atoms with Crippen molar-refractivity contribution in [1.82, 2.24) is 0 Å². The van der Waals surface area contributed by atoms with E-state index < -0.39 is 17.8 Å². The maximum absolute atomic E-state index is 13.2. The quantitative estimate of drug-likeness (QED) is 0.146. The summed E-state index contributed by atoms with van der Waals surface area (Å²) in [5.41, 5.74) is 3.52. The number of esters is 1. The number of halogens is 1. The molecule has 3 N–H and O–H groups in total. The van der Waals surface area contributed by atoms with E-state index in [1.165, 1.54) is 24.3 Å². The molecule has 0 fully saturated rings. The molecule has 1 heterocycles. The Morgan fingerprint density at radius 2 is 1.33 bits per heavy atom. The number of anilines is 5. The molecule has 43 heavy (non-hydrogen) atoms. The van der Waals surface area contributed by atoms with Crippen LogP contribution >= 0.6 is 11.6 Å². The monoisotopic (exact) mass is 594 g/mol. The number of carbonyl (C=O) groups excluding carboxylic acids is 4. The van der Waals surface area contributed by atoms with Crippen LogP contribution in [0.5, 0.6) is 0 Å². The van der Waals surface area contributed by atoms with E-state index in [4.69, 9.17) is 16.3 Å². The summed E-state index contributed by atoms with van der Waals surface area (Å²) in [6.07, 6.45) is -0.288. The van der Waals surface area contributed by atoms with Crippen LogP contribution in [0.4, 0.5) is 28.4 Å². The van der Waals surface area contributed by atoms with Gasteiger partial charge in [0.1, 0.15) is 10.7 Å². The Morgan fingerprint density at radius 3 is 2.00 bits per heavy atom. The summed E-state index contributed by atoms with van der Waals surface area (Å²) in [5, 5.41) is 8.72. The average molecular weight is 595 g/mol. The van der Waals surface area contributed by atoms with Crippen LogP contribution in [0, 0.1) is 0 Å². The smallest absolute Gasteiger partial charge is 0.338 e. The third-order valence-electron chi connectivity index (χ3n) is 6.33. The first-order valence-electron chi connectivity index (χ1n) is 13.4. The molecule has 0 aliphatic carbocycles. The molecule has 5 rings (SSSR count). The van der Waals surface area contributed by atoms with Gasteiger partial charge in [-0.3, -0.25) is 14.4 Å². The fourth-order valence-corrected chi connectivity index (χ4v) is 4.50. The molecule has 4 aromatic carbocycles. The number of para-hydroxylation sites is 1. The average Bonchev–Trinajstić information content (AvgIpc) is 3.21. The van der Waals surface area contributed by atoms with Crippen molar-refractivity contribution in [3.05, 3.63) is 125 Å². The normalized spacial score (nSPS) is 12.9. The summed E-state index contributed by atoms with van der Waals surface area (Å²) in [7, 11) is 0. The van der Waals surface area contributed by atoms with Gasteiger partial charge in [-0.25, -0.2) is 9.69 Å². The molecule has 0 aromatic heterocycles. The highest BCUT2D eigenvalue weighted by atomic mass is 35.5. The Kier molecular flexibility index (Phi) is 8.54. The fraction of sp³-hybridized carbons (Fsp3) is 0.0909. The standard InChI is InChI=1S/C33H27ClN4O5/c1-20(2)43-33(42)21-11-17-27(18-12-21)38-31(40)28(34)29(32(38)41)36-26-10-6-7-22(19-26)30(39)37-25-15-13-24(14-16-25)35-23-8-4-3-5-9-23/h3-20,35-36H,1-2H3,(H,37,39). The van der Waals surface area contributed by atoms with Crippen molar-refractivity contribution < 1.29 is 23.9 Å². The summed E-state index contributed by atoms with van der Waals surface area (Å²) in [5.74, 6) is -2.27. The summed E-state index contributed by atoms with van der Waals surface area (Å²) < 4.78 is 5.17. The Labute approximate surface area is 253 Å². The fourth-order valence-electron chi connectivity index (χ4n) is 4.29. The molecule has 0 bridgehead atoms. The number of imide groups is 1. The van der Waals surface area contributed by atoms with E-state index in [2.05, 4.69) is 16.0 Å². The molecule has 216 valence electrons. The molecule has 1 aliphatic heterocycles. The zero-order valence-corrected chi connectivity index (χ0v) is 24.0. The summed E-state index contributed by atoms with van der Waals surface area (Å²) >= 11 is 6.28. The second kappa shape index (κ2) is 12.6. The van der Waals surface area contributed by atoms with Crippen molar-refractivity contribution in [3.63, 3.8) is 0 Å². The minimum atomic E-state index is -0.717. The number of carbonyl (C=O) groups is 4. The molecular formula is C33H27ClN4O5. The molecule has 10 heteroatoms. The topological polar surface area (TPSA) is 117 Å². The first-order valence-corrected chi connectivity index (χ1v) is 13.8. The summed E-state index contributed by atoms with van der Waals surface area (Å²) in [6.45, 7) is 3.48. The molecule has 0 saturated heterocycles. The van der Waals surface area contributed by atoms with E-state index in [9.17, 15) is 19.2 Å². The Balaban J connectivity index is 1.24. The maximum atomic E-state index is 13.2. The van der Waals surface area contributed by atoms with E-state index >= 15 is 0 Å². The van der Waals surface area contributed by atoms with Gasteiger partial charge in [-0.05, 0) is 92.7 Å². The predicted octanol–water partition coefficient (Wildman–Crippen LogP) is 6.68. The van der Waals surface area contributed by atoms with Crippen molar-refractivity contribution in [2.75, 3.05) is 20.9 Å². The van der Waals surface area contributed by atoms with Crippen molar-refractivity contribution in [2.45, 2.75) is 20.0 Å². The Bertz CT molecular complexity index is 1720. The molecule has 0 spiro atoms. The first kappa shape index (κ1) is 29.1. The predicted molar refractivity (Wildman–Crippen MR) is 167 cm³/mol. The largest absolute Gasteiger partial charge is 0.459 e. The van der Waals surface area contributed by atoms with Crippen LogP contribution in [-0.4, -0.2) is 29.8 Å². The number of nitrogens with one attached hydrogen (secondary N) is 3. The van der Waals surface area contributed by atoms with Gasteiger partial charge in [0.15, 0.2) is 0 Å². The van der Waals surface area contributed by atoms with Gasteiger partial charge in [-0.2, -0.15) is 0 Å². The van der Waals surface area contributed by atoms with Crippen LogP contribution in [-0.2, 0) is 14.3 Å². The highest BCUT2D eigenvalue weighted by Crippen LogP contribution is 2.31. The molecule has 9 nitrogen and oxygen atoms in total. The van der Waals surface area contributed by atoms with Gasteiger partial charge < -0.3 is 20.7 Å².